The highest BCUT2D eigenvalue weighted by molar-refractivity contribution is 4.84. The number of nitrogens with zero attached hydrogens (tertiary/aromatic N) is 2. The fourth-order valence-corrected chi connectivity index (χ4v) is 1.65. The third kappa shape index (κ3) is 3.93. The maximum Gasteiger partial charge on any atom is 0.216 e. The van der Waals surface area contributed by atoms with Crippen LogP contribution in [0.2, 0.25) is 0 Å². The summed E-state index contributed by atoms with van der Waals surface area (Å²) in [6.07, 6.45) is 5.55. The number of aryl methyl sites for hydroxylation is 1. The smallest absolute Gasteiger partial charge is 0.216 e. The molecule has 0 radical (unpaired) electrons. The molecule has 1 aliphatic rings. The average molecular weight is 223 g/mol. The van der Waals surface area contributed by atoms with E-state index in [2.05, 4.69) is 29.4 Å². The quantitative estimate of drug-likeness (QED) is 0.718. The van der Waals surface area contributed by atoms with Gasteiger partial charge in [0.1, 0.15) is 0 Å². The summed E-state index contributed by atoms with van der Waals surface area (Å²) in [7, 11) is 0. The summed E-state index contributed by atoms with van der Waals surface area (Å²) in [5.41, 5.74) is 0. The van der Waals surface area contributed by atoms with E-state index in [4.69, 9.17) is 4.42 Å². The predicted octanol–water partition coefficient (Wildman–Crippen LogP) is 1.95. The van der Waals surface area contributed by atoms with Crippen LogP contribution >= 0.6 is 0 Å². The largest absolute Gasteiger partial charge is 0.425 e. The van der Waals surface area contributed by atoms with E-state index in [9.17, 15) is 0 Å². The summed E-state index contributed by atoms with van der Waals surface area (Å²) >= 11 is 0. The van der Waals surface area contributed by atoms with E-state index < -0.39 is 0 Å². The molecule has 0 amide bonds. The lowest BCUT2D eigenvalue weighted by atomic mass is 10.1. The Bertz CT molecular complexity index is 318. The molecule has 4 nitrogen and oxygen atoms in total. The van der Waals surface area contributed by atoms with Gasteiger partial charge < -0.3 is 9.73 Å². The molecular formula is C12H21N3O. The van der Waals surface area contributed by atoms with Gasteiger partial charge in [-0.3, -0.25) is 0 Å². The van der Waals surface area contributed by atoms with Crippen molar-refractivity contribution in [1.29, 1.82) is 0 Å². The van der Waals surface area contributed by atoms with Crippen LogP contribution in [0.3, 0.4) is 0 Å². The lowest BCUT2D eigenvalue weighted by molar-refractivity contribution is 0.420. The maximum absolute atomic E-state index is 5.57. The standard InChI is InChI=1S/C12H21N3O/c1-9(2)8-12-15-14-11(16-12)4-3-7-13-10-5-6-10/h9-10,13H,3-8H2,1-2H3. The molecule has 0 bridgehead atoms. The highest BCUT2D eigenvalue weighted by Crippen LogP contribution is 2.18. The predicted molar refractivity (Wildman–Crippen MR) is 62.2 cm³/mol. The highest BCUT2D eigenvalue weighted by atomic mass is 16.4. The number of hydrogen-bond acceptors (Lipinski definition) is 4. The van der Waals surface area contributed by atoms with Crippen LogP contribution in [0.1, 0.15) is 44.9 Å². The third-order valence-corrected chi connectivity index (χ3v) is 2.67. The molecule has 1 aromatic heterocycles. The number of aromatic nitrogens is 2. The first-order valence-corrected chi connectivity index (χ1v) is 6.28. The summed E-state index contributed by atoms with van der Waals surface area (Å²) in [5.74, 6) is 2.14. The Morgan fingerprint density at radius 1 is 1.31 bits per heavy atom. The van der Waals surface area contributed by atoms with Crippen molar-refractivity contribution in [1.82, 2.24) is 15.5 Å². The molecule has 0 unspecified atom stereocenters. The Morgan fingerprint density at radius 3 is 2.75 bits per heavy atom. The zero-order valence-electron chi connectivity index (χ0n) is 10.2. The monoisotopic (exact) mass is 223 g/mol. The van der Waals surface area contributed by atoms with Crippen molar-refractivity contribution in [3.63, 3.8) is 0 Å². The van der Waals surface area contributed by atoms with E-state index in [1.165, 1.54) is 12.8 Å². The van der Waals surface area contributed by atoms with Gasteiger partial charge >= 0.3 is 0 Å². The van der Waals surface area contributed by atoms with E-state index in [-0.39, 0.29) is 0 Å². The van der Waals surface area contributed by atoms with Gasteiger partial charge in [-0.05, 0) is 31.7 Å². The van der Waals surface area contributed by atoms with Crippen molar-refractivity contribution in [3.8, 4) is 0 Å². The zero-order chi connectivity index (χ0) is 11.4. The van der Waals surface area contributed by atoms with Crippen LogP contribution in [0.25, 0.3) is 0 Å². The van der Waals surface area contributed by atoms with Crippen LogP contribution in [0.15, 0.2) is 4.42 Å². The third-order valence-electron chi connectivity index (χ3n) is 2.67. The van der Waals surface area contributed by atoms with Crippen LogP contribution in [0, 0.1) is 5.92 Å². The van der Waals surface area contributed by atoms with Crippen molar-refractivity contribution in [2.75, 3.05) is 6.54 Å². The van der Waals surface area contributed by atoms with Gasteiger partial charge in [0.05, 0.1) is 0 Å². The van der Waals surface area contributed by atoms with E-state index in [1.807, 2.05) is 0 Å². The first kappa shape index (κ1) is 11.6. The summed E-state index contributed by atoms with van der Waals surface area (Å²) in [6, 6.07) is 0.791. The molecule has 4 heteroatoms. The normalized spacial score (nSPS) is 15.9. The molecule has 0 aliphatic heterocycles. The van der Waals surface area contributed by atoms with E-state index in [0.717, 1.165) is 43.6 Å². The second kappa shape index (κ2) is 5.43. The second-order valence-corrected chi connectivity index (χ2v) is 5.02. The molecule has 1 fully saturated rings. The Kier molecular flexibility index (Phi) is 3.93. The van der Waals surface area contributed by atoms with Crippen LogP contribution in [0.5, 0.6) is 0 Å². The molecule has 1 saturated carbocycles. The molecular weight excluding hydrogens is 202 g/mol. The van der Waals surface area contributed by atoms with Gasteiger partial charge in [0, 0.05) is 18.9 Å². The van der Waals surface area contributed by atoms with Crippen molar-refractivity contribution in [3.05, 3.63) is 11.8 Å². The molecule has 1 N–H and O–H groups in total. The van der Waals surface area contributed by atoms with Gasteiger partial charge in [0.15, 0.2) is 0 Å². The van der Waals surface area contributed by atoms with Crippen LogP contribution < -0.4 is 5.32 Å². The zero-order valence-corrected chi connectivity index (χ0v) is 10.2. The molecule has 1 aliphatic carbocycles. The second-order valence-electron chi connectivity index (χ2n) is 5.02. The van der Waals surface area contributed by atoms with Crippen molar-refractivity contribution in [2.45, 2.75) is 52.0 Å². The maximum atomic E-state index is 5.57. The molecule has 2 rings (SSSR count). The molecule has 0 atom stereocenters. The van der Waals surface area contributed by atoms with Gasteiger partial charge in [-0.2, -0.15) is 0 Å². The SMILES string of the molecule is CC(C)Cc1nnc(CCCNC2CC2)o1. The highest BCUT2D eigenvalue weighted by Gasteiger charge is 2.19. The van der Waals surface area contributed by atoms with Gasteiger partial charge in [-0.1, -0.05) is 13.8 Å². The lowest BCUT2D eigenvalue weighted by Gasteiger charge is -1.99. The summed E-state index contributed by atoms with van der Waals surface area (Å²) in [5, 5.41) is 11.6. The molecule has 16 heavy (non-hydrogen) atoms. The van der Waals surface area contributed by atoms with Crippen molar-refractivity contribution >= 4 is 0 Å². The molecule has 1 aromatic rings. The van der Waals surface area contributed by atoms with Crippen LogP contribution in [0.4, 0.5) is 0 Å². The van der Waals surface area contributed by atoms with E-state index >= 15 is 0 Å². The molecule has 0 saturated heterocycles. The minimum Gasteiger partial charge on any atom is -0.425 e. The summed E-state index contributed by atoms with van der Waals surface area (Å²) in [4.78, 5) is 0. The number of nitrogens with one attached hydrogen (secondary N) is 1. The molecule has 0 aromatic carbocycles. The first-order valence-electron chi connectivity index (χ1n) is 6.28. The van der Waals surface area contributed by atoms with Gasteiger partial charge in [0.25, 0.3) is 0 Å². The summed E-state index contributed by atoms with van der Waals surface area (Å²) < 4.78 is 5.57. The Balaban J connectivity index is 1.65. The molecule has 90 valence electrons. The minimum atomic E-state index is 0.574. The Morgan fingerprint density at radius 2 is 2.06 bits per heavy atom. The van der Waals surface area contributed by atoms with E-state index in [1.54, 1.807) is 0 Å². The molecule has 1 heterocycles. The Labute approximate surface area is 96.8 Å². The van der Waals surface area contributed by atoms with Gasteiger partial charge in [0.2, 0.25) is 11.8 Å². The van der Waals surface area contributed by atoms with E-state index in [0.29, 0.717) is 5.92 Å². The van der Waals surface area contributed by atoms with Crippen molar-refractivity contribution in [2.24, 2.45) is 5.92 Å². The van der Waals surface area contributed by atoms with Crippen LogP contribution in [-0.4, -0.2) is 22.8 Å². The van der Waals surface area contributed by atoms with Crippen molar-refractivity contribution < 1.29 is 4.42 Å². The number of hydrogen-bond donors (Lipinski definition) is 1. The fraction of sp³-hybridized carbons (Fsp3) is 0.833. The minimum absolute atomic E-state index is 0.574. The Hall–Kier alpha value is -0.900. The topological polar surface area (TPSA) is 51.0 Å². The average Bonchev–Trinajstić information content (AvgIpc) is 2.95. The molecule has 0 spiro atoms. The number of rotatable bonds is 7. The van der Waals surface area contributed by atoms with Gasteiger partial charge in [-0.15, -0.1) is 10.2 Å². The summed E-state index contributed by atoms with van der Waals surface area (Å²) in [6.45, 7) is 5.37. The van der Waals surface area contributed by atoms with Crippen LogP contribution in [-0.2, 0) is 12.8 Å². The first-order chi connectivity index (χ1) is 7.74. The lowest BCUT2D eigenvalue weighted by Crippen LogP contribution is -2.17. The fourth-order valence-electron chi connectivity index (χ4n) is 1.65. The van der Waals surface area contributed by atoms with Gasteiger partial charge in [-0.25, -0.2) is 0 Å².